The van der Waals surface area contributed by atoms with Gasteiger partial charge in [-0.15, -0.1) is 0 Å². The molecule has 0 radical (unpaired) electrons. The van der Waals surface area contributed by atoms with Gasteiger partial charge in [-0.3, -0.25) is 9.69 Å². The molecule has 2 rings (SSSR count). The minimum atomic E-state index is -0.988. The molecule has 0 amide bonds. The molecule has 1 N–H and O–H groups in total. The molecule has 0 aliphatic heterocycles. The Morgan fingerprint density at radius 2 is 2.14 bits per heavy atom. The maximum Gasteiger partial charge on any atom is 0.304 e. The maximum absolute atomic E-state index is 13.1. The lowest BCUT2D eigenvalue weighted by Crippen LogP contribution is -2.21. The van der Waals surface area contributed by atoms with E-state index in [0.29, 0.717) is 12.1 Å². The van der Waals surface area contributed by atoms with E-state index in [9.17, 15) is 13.6 Å². The topological polar surface area (TPSA) is 79.5 Å². The summed E-state index contributed by atoms with van der Waals surface area (Å²) in [5.74, 6) is -2.42. The van der Waals surface area contributed by atoms with E-state index in [-0.39, 0.29) is 24.7 Å². The first-order chi connectivity index (χ1) is 9.95. The summed E-state index contributed by atoms with van der Waals surface area (Å²) >= 11 is 0. The van der Waals surface area contributed by atoms with Crippen molar-refractivity contribution >= 4 is 5.97 Å². The Labute approximate surface area is 119 Å². The van der Waals surface area contributed by atoms with Crippen molar-refractivity contribution in [2.24, 2.45) is 0 Å². The van der Waals surface area contributed by atoms with Crippen molar-refractivity contribution in [2.45, 2.75) is 13.0 Å². The van der Waals surface area contributed by atoms with Crippen LogP contribution < -0.4 is 0 Å². The van der Waals surface area contributed by atoms with Crippen molar-refractivity contribution in [1.29, 1.82) is 0 Å². The molecule has 0 spiro atoms. The van der Waals surface area contributed by atoms with Gasteiger partial charge in [0, 0.05) is 12.1 Å². The highest BCUT2D eigenvalue weighted by Crippen LogP contribution is 2.19. The number of nitrogens with zero attached hydrogens (tertiary/aromatic N) is 3. The summed E-state index contributed by atoms with van der Waals surface area (Å²) in [6.07, 6.45) is 0.000662. The fourth-order valence-electron chi connectivity index (χ4n) is 1.67. The van der Waals surface area contributed by atoms with Crippen molar-refractivity contribution in [3.05, 3.63) is 35.7 Å². The van der Waals surface area contributed by atoms with Gasteiger partial charge in [-0.25, -0.2) is 8.78 Å². The van der Waals surface area contributed by atoms with Gasteiger partial charge < -0.3 is 9.63 Å². The monoisotopic (exact) mass is 297 g/mol. The van der Waals surface area contributed by atoms with Crippen LogP contribution in [-0.2, 0) is 11.3 Å². The molecule has 8 heteroatoms. The fourth-order valence-corrected chi connectivity index (χ4v) is 1.67. The van der Waals surface area contributed by atoms with E-state index >= 15 is 0 Å². The molecule has 0 saturated heterocycles. The van der Waals surface area contributed by atoms with Crippen LogP contribution in [0.4, 0.5) is 8.78 Å². The van der Waals surface area contributed by atoms with Gasteiger partial charge in [0.25, 0.3) is 0 Å². The summed E-state index contributed by atoms with van der Waals surface area (Å²) < 4.78 is 31.0. The highest BCUT2D eigenvalue weighted by atomic mass is 19.2. The van der Waals surface area contributed by atoms with Gasteiger partial charge in [0.15, 0.2) is 11.6 Å². The number of carbonyl (C=O) groups is 1. The molecule has 112 valence electrons. The van der Waals surface area contributed by atoms with Crippen LogP contribution >= 0.6 is 0 Å². The van der Waals surface area contributed by atoms with Crippen molar-refractivity contribution in [1.82, 2.24) is 15.0 Å². The molecule has 21 heavy (non-hydrogen) atoms. The normalized spacial score (nSPS) is 11.0. The summed E-state index contributed by atoms with van der Waals surface area (Å²) in [6.45, 7) is 0.599. The number of benzene rings is 1. The second-order valence-electron chi connectivity index (χ2n) is 4.52. The molecular weight excluding hydrogens is 284 g/mol. The number of rotatable bonds is 6. The molecule has 0 saturated carbocycles. The third kappa shape index (κ3) is 4.06. The van der Waals surface area contributed by atoms with Crippen LogP contribution in [-0.4, -0.2) is 39.7 Å². The lowest BCUT2D eigenvalue weighted by atomic mass is 10.2. The van der Waals surface area contributed by atoms with Gasteiger partial charge in [0.1, 0.15) is 0 Å². The Hall–Kier alpha value is -2.35. The lowest BCUT2D eigenvalue weighted by Gasteiger charge is -2.11. The van der Waals surface area contributed by atoms with Crippen LogP contribution in [0.3, 0.4) is 0 Å². The Kier molecular flexibility index (Phi) is 4.59. The standard InChI is InChI=1S/C13H13F2N3O3/c1-18(5-4-12(19)20)7-11-16-13(17-21-11)8-2-3-9(14)10(15)6-8/h2-3,6H,4-5,7H2,1H3,(H,19,20). The zero-order chi connectivity index (χ0) is 15.4. The highest BCUT2D eigenvalue weighted by Gasteiger charge is 2.13. The minimum absolute atomic E-state index is 0.000662. The summed E-state index contributed by atoms with van der Waals surface area (Å²) in [5, 5.41) is 12.3. The second-order valence-corrected chi connectivity index (χ2v) is 4.52. The van der Waals surface area contributed by atoms with Crippen molar-refractivity contribution in [3.63, 3.8) is 0 Å². The van der Waals surface area contributed by atoms with E-state index in [1.165, 1.54) is 6.07 Å². The van der Waals surface area contributed by atoms with Gasteiger partial charge in [0.2, 0.25) is 11.7 Å². The molecule has 0 aliphatic carbocycles. The molecule has 0 atom stereocenters. The zero-order valence-corrected chi connectivity index (χ0v) is 11.2. The first kappa shape index (κ1) is 15.0. The van der Waals surface area contributed by atoms with E-state index in [0.717, 1.165) is 12.1 Å². The van der Waals surface area contributed by atoms with Crippen molar-refractivity contribution < 1.29 is 23.2 Å². The summed E-state index contributed by atoms with van der Waals surface area (Å²) in [5.41, 5.74) is 0.303. The molecule has 0 fully saturated rings. The smallest absolute Gasteiger partial charge is 0.304 e. The lowest BCUT2D eigenvalue weighted by molar-refractivity contribution is -0.137. The molecule has 2 aromatic rings. The molecule has 1 aromatic carbocycles. The summed E-state index contributed by atoms with van der Waals surface area (Å²) in [6, 6.07) is 3.32. The first-order valence-corrected chi connectivity index (χ1v) is 6.14. The molecule has 1 heterocycles. The largest absolute Gasteiger partial charge is 0.481 e. The number of aliphatic carboxylic acids is 1. The second kappa shape index (κ2) is 6.40. The maximum atomic E-state index is 13.1. The van der Waals surface area contributed by atoms with E-state index in [2.05, 4.69) is 10.1 Å². The van der Waals surface area contributed by atoms with Crippen LogP contribution in [0.25, 0.3) is 11.4 Å². The van der Waals surface area contributed by atoms with E-state index in [1.54, 1.807) is 11.9 Å². The number of hydrogen-bond donors (Lipinski definition) is 1. The van der Waals surface area contributed by atoms with Crippen molar-refractivity contribution in [3.8, 4) is 11.4 Å². The number of carboxylic acid groups (broad SMARTS) is 1. The van der Waals surface area contributed by atoms with Crippen LogP contribution in [0, 0.1) is 11.6 Å². The van der Waals surface area contributed by atoms with Crippen LogP contribution in [0.15, 0.2) is 22.7 Å². The zero-order valence-electron chi connectivity index (χ0n) is 11.2. The third-order valence-electron chi connectivity index (χ3n) is 2.76. The van der Waals surface area contributed by atoms with Gasteiger partial charge in [-0.1, -0.05) is 5.16 Å². The molecule has 0 aliphatic rings. The molecule has 0 bridgehead atoms. The van der Waals surface area contributed by atoms with Crippen LogP contribution in [0.5, 0.6) is 0 Å². The summed E-state index contributed by atoms with van der Waals surface area (Å²) in [4.78, 5) is 16.2. The minimum Gasteiger partial charge on any atom is -0.481 e. The van der Waals surface area contributed by atoms with Crippen molar-refractivity contribution in [2.75, 3.05) is 13.6 Å². The Morgan fingerprint density at radius 3 is 2.81 bits per heavy atom. The van der Waals surface area contributed by atoms with E-state index in [1.807, 2.05) is 0 Å². The van der Waals surface area contributed by atoms with Gasteiger partial charge in [0.05, 0.1) is 13.0 Å². The van der Waals surface area contributed by atoms with Gasteiger partial charge in [-0.2, -0.15) is 4.98 Å². The predicted molar refractivity (Wildman–Crippen MR) is 68.2 cm³/mol. The van der Waals surface area contributed by atoms with E-state index in [4.69, 9.17) is 9.63 Å². The highest BCUT2D eigenvalue weighted by molar-refractivity contribution is 5.66. The SMILES string of the molecule is CN(CCC(=O)O)Cc1nc(-c2ccc(F)c(F)c2)no1. The van der Waals surface area contributed by atoms with E-state index < -0.39 is 17.6 Å². The molecule has 1 aromatic heterocycles. The fraction of sp³-hybridized carbons (Fsp3) is 0.308. The van der Waals surface area contributed by atoms with Gasteiger partial charge >= 0.3 is 5.97 Å². The Balaban J connectivity index is 2.04. The third-order valence-corrected chi connectivity index (χ3v) is 2.76. The van der Waals surface area contributed by atoms with Crippen LogP contribution in [0.2, 0.25) is 0 Å². The molecule has 6 nitrogen and oxygen atoms in total. The molecular formula is C13H13F2N3O3. The first-order valence-electron chi connectivity index (χ1n) is 6.14. The Bertz CT molecular complexity index is 645. The number of hydrogen-bond acceptors (Lipinski definition) is 5. The number of halogens is 2. The number of carboxylic acids is 1. The molecule has 0 unspecified atom stereocenters. The average Bonchev–Trinajstić information content (AvgIpc) is 2.88. The van der Waals surface area contributed by atoms with Crippen LogP contribution in [0.1, 0.15) is 12.3 Å². The predicted octanol–water partition coefficient (Wildman–Crippen LogP) is 1.92. The average molecular weight is 297 g/mol. The quantitative estimate of drug-likeness (QED) is 0.877. The summed E-state index contributed by atoms with van der Waals surface area (Å²) in [7, 11) is 1.71. The Morgan fingerprint density at radius 1 is 1.38 bits per heavy atom. The van der Waals surface area contributed by atoms with Gasteiger partial charge in [-0.05, 0) is 25.2 Å². The number of aromatic nitrogens is 2.